The van der Waals surface area contributed by atoms with Crippen molar-refractivity contribution in [3.8, 4) is 0 Å². The van der Waals surface area contributed by atoms with Crippen molar-refractivity contribution in [3.05, 3.63) is 99.9 Å². The Kier molecular flexibility index (Phi) is 5.57. The molecule has 0 aromatic heterocycles. The van der Waals surface area contributed by atoms with Crippen molar-refractivity contribution in [1.29, 1.82) is 0 Å². The topological polar surface area (TPSA) is 35.9 Å². The second-order valence-electron chi connectivity index (χ2n) is 7.84. The van der Waals surface area contributed by atoms with Gasteiger partial charge in [-0.25, -0.2) is 0 Å². The molecule has 0 unspecified atom stereocenters. The molecular formula is C26H23N3OS2. The maximum absolute atomic E-state index is 13.8. The smallest absolute Gasteiger partial charge is 0.274 e. The van der Waals surface area contributed by atoms with E-state index in [1.807, 2.05) is 68.6 Å². The number of hydrogen-bond donors (Lipinski definition) is 0. The Balaban J connectivity index is 1.59. The quantitative estimate of drug-likeness (QED) is 0.415. The standard InChI is InChI=1S/C26H23N3OS2/c1-17-10-9-13-20(16-17)29-24(30)23(25-28(3)21-14-7-8-15-22(21)31-25)32-26(29)27-18(2)19-11-5-4-6-12-19/h4-16,18H,1-3H3/b25-23-,27-26?/t18-/m1/s1. The molecule has 0 aliphatic carbocycles. The molecule has 2 aliphatic heterocycles. The maximum atomic E-state index is 13.8. The van der Waals surface area contributed by atoms with E-state index >= 15 is 0 Å². The van der Waals surface area contributed by atoms with Gasteiger partial charge in [0.15, 0.2) is 5.17 Å². The Morgan fingerprint density at radius 1 is 0.906 bits per heavy atom. The van der Waals surface area contributed by atoms with Crippen LogP contribution in [0.3, 0.4) is 0 Å². The van der Waals surface area contributed by atoms with Crippen LogP contribution in [0.25, 0.3) is 0 Å². The summed E-state index contributed by atoms with van der Waals surface area (Å²) in [5, 5.41) is 1.67. The van der Waals surface area contributed by atoms with Crippen LogP contribution in [0.4, 0.5) is 11.4 Å². The van der Waals surface area contributed by atoms with Crippen molar-refractivity contribution < 1.29 is 4.79 Å². The number of rotatable bonds is 3. The molecule has 0 radical (unpaired) electrons. The molecule has 0 spiro atoms. The maximum Gasteiger partial charge on any atom is 0.274 e. The average Bonchev–Trinajstić information content (AvgIpc) is 3.30. The van der Waals surface area contributed by atoms with Gasteiger partial charge in [-0.05, 0) is 61.0 Å². The van der Waals surface area contributed by atoms with Gasteiger partial charge in [0.1, 0.15) is 4.91 Å². The molecule has 160 valence electrons. The van der Waals surface area contributed by atoms with Gasteiger partial charge in [-0.15, -0.1) is 0 Å². The van der Waals surface area contributed by atoms with Crippen LogP contribution in [-0.4, -0.2) is 18.1 Å². The van der Waals surface area contributed by atoms with Crippen LogP contribution in [0.2, 0.25) is 0 Å². The zero-order valence-corrected chi connectivity index (χ0v) is 19.8. The molecule has 6 heteroatoms. The van der Waals surface area contributed by atoms with Gasteiger partial charge in [-0.2, -0.15) is 0 Å². The van der Waals surface area contributed by atoms with Crippen molar-refractivity contribution in [2.75, 3.05) is 16.8 Å². The first kappa shape index (κ1) is 20.9. The summed E-state index contributed by atoms with van der Waals surface area (Å²) < 4.78 is 0. The molecule has 4 nitrogen and oxygen atoms in total. The second kappa shape index (κ2) is 8.52. The van der Waals surface area contributed by atoms with Gasteiger partial charge in [0, 0.05) is 11.9 Å². The predicted octanol–water partition coefficient (Wildman–Crippen LogP) is 6.60. The van der Waals surface area contributed by atoms with Crippen molar-refractivity contribution in [2.45, 2.75) is 24.8 Å². The first-order valence-corrected chi connectivity index (χ1v) is 12.1. The molecule has 1 atom stereocenters. The Morgan fingerprint density at radius 2 is 1.66 bits per heavy atom. The van der Waals surface area contributed by atoms with Crippen molar-refractivity contribution in [3.63, 3.8) is 0 Å². The van der Waals surface area contributed by atoms with Crippen LogP contribution < -0.4 is 9.80 Å². The molecule has 2 aliphatic rings. The van der Waals surface area contributed by atoms with Crippen LogP contribution in [0, 0.1) is 6.92 Å². The lowest BCUT2D eigenvalue weighted by atomic mass is 10.1. The highest BCUT2D eigenvalue weighted by molar-refractivity contribution is 8.20. The highest BCUT2D eigenvalue weighted by Gasteiger charge is 2.40. The molecule has 0 saturated carbocycles. The number of anilines is 2. The summed E-state index contributed by atoms with van der Waals surface area (Å²) in [5.74, 6) is -0.0261. The fourth-order valence-corrected chi connectivity index (χ4v) is 6.26. The number of carbonyl (C=O) groups is 1. The number of para-hydroxylation sites is 1. The molecule has 32 heavy (non-hydrogen) atoms. The Bertz CT molecular complexity index is 1250. The molecule has 0 N–H and O–H groups in total. The lowest BCUT2D eigenvalue weighted by molar-refractivity contribution is -0.113. The lowest BCUT2D eigenvalue weighted by Gasteiger charge is -2.18. The van der Waals surface area contributed by atoms with E-state index in [1.165, 1.54) is 11.8 Å². The zero-order valence-electron chi connectivity index (χ0n) is 18.1. The third-order valence-corrected chi connectivity index (χ3v) is 7.97. The molecule has 1 saturated heterocycles. The van der Waals surface area contributed by atoms with Gasteiger partial charge in [-0.3, -0.25) is 14.7 Å². The summed E-state index contributed by atoms with van der Waals surface area (Å²) in [4.78, 5) is 24.5. The van der Waals surface area contributed by atoms with Crippen LogP contribution in [-0.2, 0) is 4.79 Å². The molecular weight excluding hydrogens is 434 g/mol. The Labute approximate surface area is 197 Å². The first-order chi connectivity index (χ1) is 15.5. The van der Waals surface area contributed by atoms with Crippen LogP contribution in [0.5, 0.6) is 0 Å². The molecule has 1 amide bonds. The number of amides is 1. The molecule has 3 aromatic carbocycles. The highest BCUT2D eigenvalue weighted by atomic mass is 32.2. The zero-order chi connectivity index (χ0) is 22.2. The van der Waals surface area contributed by atoms with Crippen molar-refractivity contribution >= 4 is 46.0 Å². The Hall–Kier alpha value is -2.96. The second-order valence-corrected chi connectivity index (χ2v) is 9.85. The van der Waals surface area contributed by atoms with Gasteiger partial charge < -0.3 is 4.90 Å². The number of nitrogens with zero attached hydrogens (tertiary/aromatic N) is 3. The third kappa shape index (κ3) is 3.74. The van der Waals surface area contributed by atoms with E-state index in [2.05, 4.69) is 36.1 Å². The van der Waals surface area contributed by atoms with E-state index in [1.54, 1.807) is 16.7 Å². The van der Waals surface area contributed by atoms with Crippen LogP contribution in [0.1, 0.15) is 24.1 Å². The summed E-state index contributed by atoms with van der Waals surface area (Å²) in [6.07, 6.45) is 0. The number of carbonyl (C=O) groups excluding carboxylic acids is 1. The minimum Gasteiger partial charge on any atom is -0.337 e. The monoisotopic (exact) mass is 457 g/mol. The number of aliphatic imine (C=N–C) groups is 1. The van der Waals surface area contributed by atoms with E-state index < -0.39 is 0 Å². The summed E-state index contributed by atoms with van der Waals surface area (Å²) in [5.41, 5.74) is 4.20. The number of aryl methyl sites for hydroxylation is 1. The van der Waals surface area contributed by atoms with Gasteiger partial charge in [0.25, 0.3) is 5.91 Å². The number of hydrogen-bond acceptors (Lipinski definition) is 5. The number of amidine groups is 1. The molecule has 0 bridgehead atoms. The summed E-state index contributed by atoms with van der Waals surface area (Å²) >= 11 is 3.11. The van der Waals surface area contributed by atoms with Gasteiger partial charge in [0.2, 0.25) is 0 Å². The predicted molar refractivity (Wildman–Crippen MR) is 136 cm³/mol. The van der Waals surface area contributed by atoms with E-state index in [0.29, 0.717) is 10.1 Å². The van der Waals surface area contributed by atoms with Crippen LogP contribution in [0.15, 0.2) is 98.7 Å². The lowest BCUT2D eigenvalue weighted by Crippen LogP contribution is -2.29. The summed E-state index contributed by atoms with van der Waals surface area (Å²) in [7, 11) is 2.02. The van der Waals surface area contributed by atoms with Gasteiger partial charge in [-0.1, -0.05) is 66.4 Å². The number of thioether (sulfide) groups is 2. The third-order valence-electron chi connectivity index (χ3n) is 5.56. The first-order valence-electron chi connectivity index (χ1n) is 10.5. The molecule has 5 rings (SSSR count). The Morgan fingerprint density at radius 3 is 2.41 bits per heavy atom. The number of fused-ring (bicyclic) bond motifs is 1. The number of benzene rings is 3. The van der Waals surface area contributed by atoms with Gasteiger partial charge in [0.05, 0.1) is 22.4 Å². The SMILES string of the molecule is Cc1cccc(N2C(=O)/C(=C3/Sc4ccccc4N3C)SC2=N[C@H](C)c2ccccc2)c1. The highest BCUT2D eigenvalue weighted by Crippen LogP contribution is 2.50. The minimum atomic E-state index is -0.0608. The van der Waals surface area contributed by atoms with E-state index in [0.717, 1.165) is 32.4 Å². The normalized spacial score (nSPS) is 20.2. The fraction of sp³-hybridized carbons (Fsp3) is 0.154. The average molecular weight is 458 g/mol. The summed E-state index contributed by atoms with van der Waals surface area (Å²) in [6, 6.07) is 26.4. The largest absolute Gasteiger partial charge is 0.337 e. The van der Waals surface area contributed by atoms with Crippen molar-refractivity contribution in [2.24, 2.45) is 4.99 Å². The van der Waals surface area contributed by atoms with Gasteiger partial charge >= 0.3 is 0 Å². The van der Waals surface area contributed by atoms with E-state index in [9.17, 15) is 4.79 Å². The fourth-order valence-electron chi connectivity index (χ4n) is 3.86. The minimum absolute atomic E-state index is 0.0261. The van der Waals surface area contributed by atoms with E-state index in [4.69, 9.17) is 4.99 Å². The molecule has 3 aromatic rings. The summed E-state index contributed by atoms with van der Waals surface area (Å²) in [6.45, 7) is 4.11. The van der Waals surface area contributed by atoms with Crippen LogP contribution >= 0.6 is 23.5 Å². The molecule has 2 heterocycles. The van der Waals surface area contributed by atoms with E-state index in [-0.39, 0.29) is 11.9 Å². The molecule has 1 fully saturated rings. The van der Waals surface area contributed by atoms with Crippen molar-refractivity contribution in [1.82, 2.24) is 0 Å².